The first-order valence-electron chi connectivity index (χ1n) is 6.23. The number of piperazine rings is 1. The van der Waals surface area contributed by atoms with Crippen LogP contribution in [0.25, 0.3) is 0 Å². The summed E-state index contributed by atoms with van der Waals surface area (Å²) in [6.45, 7) is 5.10. The molecule has 0 spiro atoms. The highest BCUT2D eigenvalue weighted by Gasteiger charge is 2.23. The minimum atomic E-state index is 0.791. The summed E-state index contributed by atoms with van der Waals surface area (Å²) < 4.78 is 5.75. The van der Waals surface area contributed by atoms with E-state index in [0.29, 0.717) is 0 Å². The maximum absolute atomic E-state index is 5.97. The molecule has 0 atom stereocenters. The molecular weight excluding hydrogens is 214 g/mol. The molecule has 4 heteroatoms. The number of nitrogens with two attached hydrogens (primary N) is 1. The molecule has 0 aliphatic carbocycles. The van der Waals surface area contributed by atoms with E-state index in [-0.39, 0.29) is 0 Å². The SMILES string of the molecule is CN1CCN(c2cc(N)cc3c2OCC3)CC1. The molecule has 2 aliphatic rings. The normalized spacial score (nSPS) is 20.2. The zero-order valence-electron chi connectivity index (χ0n) is 10.3. The number of nitrogens with zero attached hydrogens (tertiary/aromatic N) is 2. The van der Waals surface area contributed by atoms with Crippen molar-refractivity contribution >= 4 is 11.4 Å². The second-order valence-electron chi connectivity index (χ2n) is 4.92. The maximum atomic E-state index is 5.97. The molecule has 0 bridgehead atoms. The van der Waals surface area contributed by atoms with Crippen LogP contribution >= 0.6 is 0 Å². The van der Waals surface area contributed by atoms with Crippen molar-refractivity contribution in [3.8, 4) is 5.75 Å². The van der Waals surface area contributed by atoms with E-state index in [2.05, 4.69) is 22.9 Å². The van der Waals surface area contributed by atoms with Gasteiger partial charge in [-0.2, -0.15) is 0 Å². The van der Waals surface area contributed by atoms with E-state index in [1.807, 2.05) is 6.07 Å². The first-order chi connectivity index (χ1) is 8.24. The van der Waals surface area contributed by atoms with Gasteiger partial charge in [-0.1, -0.05) is 0 Å². The van der Waals surface area contributed by atoms with Crippen LogP contribution in [0.5, 0.6) is 5.75 Å². The molecule has 0 radical (unpaired) electrons. The van der Waals surface area contributed by atoms with Gasteiger partial charge in [0, 0.05) is 43.9 Å². The van der Waals surface area contributed by atoms with Gasteiger partial charge in [-0.3, -0.25) is 0 Å². The number of nitrogen functional groups attached to an aromatic ring is 1. The number of rotatable bonds is 1. The standard InChI is InChI=1S/C13H19N3O/c1-15-3-5-16(6-4-15)12-9-11(14)8-10-2-7-17-13(10)12/h8-9H,2-7,14H2,1H3. The lowest BCUT2D eigenvalue weighted by molar-refractivity contribution is 0.309. The highest BCUT2D eigenvalue weighted by atomic mass is 16.5. The van der Waals surface area contributed by atoms with Crippen molar-refractivity contribution < 1.29 is 4.74 Å². The molecular formula is C13H19N3O. The molecule has 0 amide bonds. The summed E-state index contributed by atoms with van der Waals surface area (Å²) in [6, 6.07) is 4.09. The Hall–Kier alpha value is -1.42. The molecule has 0 unspecified atom stereocenters. The maximum Gasteiger partial charge on any atom is 0.146 e. The van der Waals surface area contributed by atoms with Crippen LogP contribution in [0.3, 0.4) is 0 Å². The van der Waals surface area contributed by atoms with Crippen LogP contribution in [0.4, 0.5) is 11.4 Å². The topological polar surface area (TPSA) is 41.7 Å². The Bertz CT molecular complexity index is 425. The number of anilines is 2. The zero-order valence-corrected chi connectivity index (χ0v) is 10.3. The van der Waals surface area contributed by atoms with Gasteiger partial charge in [0.1, 0.15) is 5.75 Å². The van der Waals surface area contributed by atoms with E-state index >= 15 is 0 Å². The fourth-order valence-corrected chi connectivity index (χ4v) is 2.59. The summed E-state index contributed by atoms with van der Waals surface area (Å²) in [6.07, 6.45) is 0.987. The third-order valence-electron chi connectivity index (χ3n) is 3.63. The number of hydrogen-bond donors (Lipinski definition) is 1. The van der Waals surface area contributed by atoms with E-state index in [0.717, 1.165) is 50.6 Å². The average Bonchev–Trinajstić information content (AvgIpc) is 2.77. The monoisotopic (exact) mass is 233 g/mol. The number of hydrogen-bond acceptors (Lipinski definition) is 4. The second-order valence-corrected chi connectivity index (χ2v) is 4.92. The van der Waals surface area contributed by atoms with Crippen LogP contribution in [0.1, 0.15) is 5.56 Å². The van der Waals surface area contributed by atoms with Crippen molar-refractivity contribution in [2.45, 2.75) is 6.42 Å². The van der Waals surface area contributed by atoms with Gasteiger partial charge in [0.05, 0.1) is 12.3 Å². The Morgan fingerprint density at radius 1 is 1.18 bits per heavy atom. The van der Waals surface area contributed by atoms with Crippen molar-refractivity contribution in [1.82, 2.24) is 4.90 Å². The smallest absolute Gasteiger partial charge is 0.146 e. The quantitative estimate of drug-likeness (QED) is 0.734. The van der Waals surface area contributed by atoms with Crippen LogP contribution < -0.4 is 15.4 Å². The van der Waals surface area contributed by atoms with Crippen molar-refractivity contribution in [2.75, 3.05) is 50.5 Å². The number of likely N-dealkylation sites (N-methyl/N-ethyl adjacent to an activating group) is 1. The molecule has 1 aromatic rings. The molecule has 17 heavy (non-hydrogen) atoms. The lowest BCUT2D eigenvalue weighted by atomic mass is 10.1. The minimum Gasteiger partial charge on any atom is -0.491 e. The fraction of sp³-hybridized carbons (Fsp3) is 0.538. The lowest BCUT2D eigenvalue weighted by Crippen LogP contribution is -2.44. The molecule has 2 aliphatic heterocycles. The van der Waals surface area contributed by atoms with E-state index in [9.17, 15) is 0 Å². The Balaban J connectivity index is 1.92. The van der Waals surface area contributed by atoms with Gasteiger partial charge in [-0.25, -0.2) is 0 Å². The summed E-state index contributed by atoms with van der Waals surface area (Å²) in [4.78, 5) is 4.74. The Labute approximate surface area is 102 Å². The molecule has 4 nitrogen and oxygen atoms in total. The van der Waals surface area contributed by atoms with Crippen LogP contribution in [0, 0.1) is 0 Å². The van der Waals surface area contributed by atoms with E-state index in [1.54, 1.807) is 0 Å². The van der Waals surface area contributed by atoms with Crippen molar-refractivity contribution in [3.05, 3.63) is 17.7 Å². The molecule has 2 heterocycles. The highest BCUT2D eigenvalue weighted by Crippen LogP contribution is 2.38. The summed E-state index contributed by atoms with van der Waals surface area (Å²) in [5, 5.41) is 0. The summed E-state index contributed by atoms with van der Waals surface area (Å²) in [5.74, 6) is 1.06. The first-order valence-corrected chi connectivity index (χ1v) is 6.23. The van der Waals surface area contributed by atoms with Crippen molar-refractivity contribution in [3.63, 3.8) is 0 Å². The van der Waals surface area contributed by atoms with Crippen LogP contribution in [0.15, 0.2) is 12.1 Å². The third kappa shape index (κ3) is 1.93. The largest absolute Gasteiger partial charge is 0.491 e. The predicted octanol–water partition coefficient (Wildman–Crippen LogP) is 0.955. The molecule has 1 saturated heterocycles. The average molecular weight is 233 g/mol. The van der Waals surface area contributed by atoms with Gasteiger partial charge in [-0.15, -0.1) is 0 Å². The van der Waals surface area contributed by atoms with Gasteiger partial charge in [-0.05, 0) is 19.2 Å². The van der Waals surface area contributed by atoms with Gasteiger partial charge < -0.3 is 20.3 Å². The highest BCUT2D eigenvalue weighted by molar-refractivity contribution is 5.69. The van der Waals surface area contributed by atoms with Crippen molar-refractivity contribution in [1.29, 1.82) is 0 Å². The van der Waals surface area contributed by atoms with Gasteiger partial charge in [0.25, 0.3) is 0 Å². The number of fused-ring (bicyclic) bond motifs is 1. The Morgan fingerprint density at radius 3 is 2.71 bits per heavy atom. The molecule has 2 N–H and O–H groups in total. The van der Waals surface area contributed by atoms with Gasteiger partial charge in [0.15, 0.2) is 0 Å². The van der Waals surface area contributed by atoms with Crippen molar-refractivity contribution in [2.24, 2.45) is 0 Å². The van der Waals surface area contributed by atoms with Gasteiger partial charge >= 0.3 is 0 Å². The molecule has 92 valence electrons. The lowest BCUT2D eigenvalue weighted by Gasteiger charge is -2.34. The molecule has 1 fully saturated rings. The summed E-state index contributed by atoms with van der Waals surface area (Å²) in [5.41, 5.74) is 9.27. The zero-order chi connectivity index (χ0) is 11.8. The molecule has 0 saturated carbocycles. The first kappa shape index (κ1) is 10.7. The fourth-order valence-electron chi connectivity index (χ4n) is 2.59. The summed E-state index contributed by atoms with van der Waals surface area (Å²) >= 11 is 0. The number of benzene rings is 1. The third-order valence-corrected chi connectivity index (χ3v) is 3.63. The Kier molecular flexibility index (Phi) is 2.59. The second kappa shape index (κ2) is 4.11. The predicted molar refractivity (Wildman–Crippen MR) is 69.8 cm³/mol. The van der Waals surface area contributed by atoms with E-state index in [4.69, 9.17) is 10.5 Å². The van der Waals surface area contributed by atoms with Crippen LogP contribution in [0.2, 0.25) is 0 Å². The number of ether oxygens (including phenoxy) is 1. The van der Waals surface area contributed by atoms with Crippen LogP contribution in [-0.2, 0) is 6.42 Å². The Morgan fingerprint density at radius 2 is 1.94 bits per heavy atom. The molecule has 1 aromatic carbocycles. The van der Waals surface area contributed by atoms with E-state index < -0.39 is 0 Å². The van der Waals surface area contributed by atoms with Crippen LogP contribution in [-0.4, -0.2) is 44.7 Å². The van der Waals surface area contributed by atoms with E-state index in [1.165, 1.54) is 11.3 Å². The summed E-state index contributed by atoms with van der Waals surface area (Å²) in [7, 11) is 2.16. The van der Waals surface area contributed by atoms with Gasteiger partial charge in [0.2, 0.25) is 0 Å². The molecule has 3 rings (SSSR count). The molecule has 0 aromatic heterocycles. The minimum absolute atomic E-state index is 0.791.